The number of aromatic nitrogens is 1. The molecule has 0 radical (unpaired) electrons. The van der Waals surface area contributed by atoms with Crippen LogP contribution in [0.4, 0.5) is 18.9 Å². The van der Waals surface area contributed by atoms with Gasteiger partial charge in [0.15, 0.2) is 0 Å². The predicted molar refractivity (Wildman–Crippen MR) is 84.6 cm³/mol. The lowest BCUT2D eigenvalue weighted by Gasteiger charge is -2.08. The Morgan fingerprint density at radius 3 is 2.43 bits per heavy atom. The number of carbonyl (C=O) groups is 1. The standard InChI is InChI=1S/C16H17F3N2OS/c1-10(2)13-9-23-15(21-13)8-7-14(22)20-12-5-3-11(4-6-12)16(17,18)19/h3-6,9-10H,7-8H2,1-2H3,(H,20,22). The molecule has 2 aromatic rings. The van der Waals surface area contributed by atoms with Crippen LogP contribution in [0.3, 0.4) is 0 Å². The molecule has 1 amide bonds. The molecule has 23 heavy (non-hydrogen) atoms. The molecule has 0 aliphatic heterocycles. The van der Waals surface area contributed by atoms with Gasteiger partial charge in [-0.3, -0.25) is 4.79 Å². The molecule has 0 unspecified atom stereocenters. The fourth-order valence-corrected chi connectivity index (χ4v) is 2.85. The summed E-state index contributed by atoms with van der Waals surface area (Å²) in [5.41, 5.74) is 0.623. The summed E-state index contributed by atoms with van der Waals surface area (Å²) >= 11 is 1.51. The number of aryl methyl sites for hydroxylation is 1. The minimum Gasteiger partial charge on any atom is -0.326 e. The molecule has 1 aromatic heterocycles. The van der Waals surface area contributed by atoms with E-state index in [0.29, 0.717) is 18.0 Å². The van der Waals surface area contributed by atoms with Gasteiger partial charge in [-0.05, 0) is 30.2 Å². The SMILES string of the molecule is CC(C)c1csc(CCC(=O)Nc2ccc(C(F)(F)F)cc2)n1. The van der Waals surface area contributed by atoms with Crippen LogP contribution in [0.2, 0.25) is 0 Å². The molecule has 0 atom stereocenters. The summed E-state index contributed by atoms with van der Waals surface area (Å²) in [4.78, 5) is 16.3. The smallest absolute Gasteiger partial charge is 0.326 e. The molecule has 1 heterocycles. The summed E-state index contributed by atoms with van der Waals surface area (Å²) in [7, 11) is 0. The van der Waals surface area contributed by atoms with Crippen molar-refractivity contribution in [3.8, 4) is 0 Å². The Balaban J connectivity index is 1.87. The third-order valence-electron chi connectivity index (χ3n) is 3.22. The first-order valence-corrected chi connectivity index (χ1v) is 8.05. The van der Waals surface area contributed by atoms with Gasteiger partial charge in [0.25, 0.3) is 0 Å². The number of benzene rings is 1. The van der Waals surface area contributed by atoms with Crippen molar-refractivity contribution in [2.75, 3.05) is 5.32 Å². The van der Waals surface area contributed by atoms with Gasteiger partial charge in [-0.25, -0.2) is 4.98 Å². The number of rotatable bonds is 5. The second-order valence-electron chi connectivity index (χ2n) is 5.44. The summed E-state index contributed by atoms with van der Waals surface area (Å²) in [5, 5.41) is 5.46. The lowest BCUT2D eigenvalue weighted by Crippen LogP contribution is -2.12. The van der Waals surface area contributed by atoms with Crippen molar-refractivity contribution in [2.24, 2.45) is 0 Å². The van der Waals surface area contributed by atoms with Crippen LogP contribution in [-0.2, 0) is 17.4 Å². The monoisotopic (exact) mass is 342 g/mol. The number of anilines is 1. The van der Waals surface area contributed by atoms with E-state index in [4.69, 9.17) is 0 Å². The van der Waals surface area contributed by atoms with Crippen LogP contribution < -0.4 is 5.32 Å². The molecular weight excluding hydrogens is 325 g/mol. The highest BCUT2D eigenvalue weighted by atomic mass is 32.1. The zero-order chi connectivity index (χ0) is 17.0. The summed E-state index contributed by atoms with van der Waals surface area (Å²) in [6, 6.07) is 4.40. The van der Waals surface area contributed by atoms with E-state index in [1.165, 1.54) is 23.5 Å². The molecule has 0 saturated heterocycles. The summed E-state index contributed by atoms with van der Waals surface area (Å²) < 4.78 is 37.4. The topological polar surface area (TPSA) is 42.0 Å². The number of halogens is 3. The molecule has 1 aromatic carbocycles. The van der Waals surface area contributed by atoms with Gasteiger partial charge in [-0.15, -0.1) is 11.3 Å². The Morgan fingerprint density at radius 2 is 1.91 bits per heavy atom. The molecule has 0 spiro atoms. The summed E-state index contributed by atoms with van der Waals surface area (Å²) in [6.45, 7) is 4.10. The van der Waals surface area contributed by atoms with Gasteiger partial charge >= 0.3 is 6.18 Å². The second-order valence-corrected chi connectivity index (χ2v) is 6.39. The van der Waals surface area contributed by atoms with Gasteiger partial charge < -0.3 is 5.32 Å². The van der Waals surface area contributed by atoms with Crippen molar-refractivity contribution >= 4 is 22.9 Å². The number of nitrogens with one attached hydrogen (secondary N) is 1. The second kappa shape index (κ2) is 7.12. The Hall–Kier alpha value is -1.89. The van der Waals surface area contributed by atoms with Gasteiger partial charge in [0.2, 0.25) is 5.91 Å². The van der Waals surface area contributed by atoms with Gasteiger partial charge in [0.05, 0.1) is 16.3 Å². The molecule has 0 saturated carbocycles. The van der Waals surface area contributed by atoms with Crippen LogP contribution in [-0.4, -0.2) is 10.9 Å². The number of carbonyl (C=O) groups excluding carboxylic acids is 1. The van der Waals surface area contributed by atoms with Crippen LogP contribution in [0.15, 0.2) is 29.6 Å². The predicted octanol–water partition coefficient (Wildman–Crippen LogP) is 4.86. The maximum Gasteiger partial charge on any atom is 0.416 e. The van der Waals surface area contributed by atoms with Crippen molar-refractivity contribution in [3.63, 3.8) is 0 Å². The zero-order valence-electron chi connectivity index (χ0n) is 12.8. The molecule has 1 N–H and O–H groups in total. The molecule has 0 bridgehead atoms. The average Bonchev–Trinajstić information content (AvgIpc) is 2.94. The van der Waals surface area contributed by atoms with E-state index < -0.39 is 11.7 Å². The molecule has 0 aliphatic rings. The number of hydrogen-bond acceptors (Lipinski definition) is 3. The van der Waals surface area contributed by atoms with Gasteiger partial charge in [0, 0.05) is 23.9 Å². The number of alkyl halides is 3. The van der Waals surface area contributed by atoms with E-state index in [1.807, 2.05) is 5.38 Å². The maximum absolute atomic E-state index is 12.5. The molecule has 124 valence electrons. The van der Waals surface area contributed by atoms with Crippen LogP contribution in [0.1, 0.15) is 42.5 Å². The molecule has 7 heteroatoms. The number of nitrogens with zero attached hydrogens (tertiary/aromatic N) is 1. The highest BCUT2D eigenvalue weighted by Crippen LogP contribution is 2.29. The minimum atomic E-state index is -4.37. The van der Waals surface area contributed by atoms with E-state index >= 15 is 0 Å². The lowest BCUT2D eigenvalue weighted by molar-refractivity contribution is -0.137. The summed E-state index contributed by atoms with van der Waals surface area (Å²) in [6.07, 6.45) is -3.61. The first-order valence-electron chi connectivity index (χ1n) is 7.17. The third-order valence-corrected chi connectivity index (χ3v) is 4.15. The Labute approximate surface area is 136 Å². The van der Waals surface area contributed by atoms with E-state index in [0.717, 1.165) is 22.8 Å². The first kappa shape index (κ1) is 17.5. The van der Waals surface area contributed by atoms with E-state index in [9.17, 15) is 18.0 Å². The van der Waals surface area contributed by atoms with Gasteiger partial charge in [0.1, 0.15) is 0 Å². The van der Waals surface area contributed by atoms with Crippen molar-refractivity contribution in [3.05, 3.63) is 45.9 Å². The van der Waals surface area contributed by atoms with Crippen molar-refractivity contribution in [2.45, 2.75) is 38.8 Å². The normalized spacial score (nSPS) is 11.7. The molecule has 0 aliphatic carbocycles. The third kappa shape index (κ3) is 5.06. The van der Waals surface area contributed by atoms with Crippen LogP contribution in [0.5, 0.6) is 0 Å². The number of thiazole rings is 1. The van der Waals surface area contributed by atoms with Crippen LogP contribution >= 0.6 is 11.3 Å². The molecule has 2 rings (SSSR count). The largest absolute Gasteiger partial charge is 0.416 e. The molecular formula is C16H17F3N2OS. The van der Waals surface area contributed by atoms with Crippen molar-refractivity contribution in [1.29, 1.82) is 0 Å². The van der Waals surface area contributed by atoms with Crippen LogP contribution in [0.25, 0.3) is 0 Å². The maximum atomic E-state index is 12.5. The van der Waals surface area contributed by atoms with Gasteiger partial charge in [-0.2, -0.15) is 13.2 Å². The Bertz CT molecular complexity index is 663. The van der Waals surface area contributed by atoms with Crippen LogP contribution in [0, 0.1) is 0 Å². The minimum absolute atomic E-state index is 0.242. The van der Waals surface area contributed by atoms with Gasteiger partial charge in [-0.1, -0.05) is 13.8 Å². The highest BCUT2D eigenvalue weighted by Gasteiger charge is 2.29. The fraction of sp³-hybridized carbons (Fsp3) is 0.375. The molecule has 0 fully saturated rings. The van der Waals surface area contributed by atoms with Crippen molar-refractivity contribution < 1.29 is 18.0 Å². The number of hydrogen-bond donors (Lipinski definition) is 1. The summed E-state index contributed by atoms with van der Waals surface area (Å²) in [5.74, 6) is 0.104. The molecule has 3 nitrogen and oxygen atoms in total. The number of amides is 1. The first-order chi connectivity index (χ1) is 10.8. The highest BCUT2D eigenvalue weighted by molar-refractivity contribution is 7.09. The fourth-order valence-electron chi connectivity index (χ4n) is 1.89. The van der Waals surface area contributed by atoms with E-state index in [-0.39, 0.29) is 12.3 Å². The quantitative estimate of drug-likeness (QED) is 0.843. The lowest BCUT2D eigenvalue weighted by atomic mass is 10.2. The van der Waals surface area contributed by atoms with E-state index in [2.05, 4.69) is 24.1 Å². The van der Waals surface area contributed by atoms with E-state index in [1.54, 1.807) is 0 Å². The Kier molecular flexibility index (Phi) is 5.41. The average molecular weight is 342 g/mol. The van der Waals surface area contributed by atoms with Crippen molar-refractivity contribution in [1.82, 2.24) is 4.98 Å². The zero-order valence-corrected chi connectivity index (χ0v) is 13.6. The Morgan fingerprint density at radius 1 is 1.26 bits per heavy atom.